The Bertz CT molecular complexity index is 966. The molecule has 1 fully saturated rings. The number of sulfonamides is 1. The van der Waals surface area contributed by atoms with Crippen molar-refractivity contribution in [1.29, 1.82) is 0 Å². The van der Waals surface area contributed by atoms with Crippen LogP contribution in [0.1, 0.15) is 37.5 Å². The summed E-state index contributed by atoms with van der Waals surface area (Å²) in [6, 6.07) is 2.38. The van der Waals surface area contributed by atoms with Crippen LogP contribution in [0.15, 0.2) is 18.5 Å². The van der Waals surface area contributed by atoms with E-state index < -0.39 is 10.0 Å². The van der Waals surface area contributed by atoms with Crippen LogP contribution in [0, 0.1) is 0 Å². The zero-order chi connectivity index (χ0) is 16.0. The van der Waals surface area contributed by atoms with Crippen LogP contribution in [-0.4, -0.2) is 34.2 Å². The van der Waals surface area contributed by atoms with Crippen LogP contribution in [0.5, 0.6) is 0 Å². The molecule has 4 rings (SSSR count). The molecule has 1 saturated carbocycles. The molecule has 7 nitrogen and oxygen atoms in total. The highest BCUT2D eigenvalue weighted by atomic mass is 32.2. The van der Waals surface area contributed by atoms with E-state index in [1.807, 2.05) is 12.3 Å². The fraction of sp³-hybridized carbons (Fsp3) is 0.467. The number of nitrogens with zero attached hydrogens (tertiary/aromatic N) is 3. The number of aromatic nitrogens is 4. The van der Waals surface area contributed by atoms with Crippen LogP contribution in [0.25, 0.3) is 22.1 Å². The first-order chi connectivity index (χ1) is 11.0. The third kappa shape index (κ3) is 2.61. The number of pyridine rings is 1. The maximum atomic E-state index is 11.5. The third-order valence-electron chi connectivity index (χ3n) is 4.49. The fourth-order valence-electron chi connectivity index (χ4n) is 3.52. The number of aromatic amines is 1. The molecule has 3 heterocycles. The second kappa shape index (κ2) is 5.31. The van der Waals surface area contributed by atoms with Gasteiger partial charge in [-0.3, -0.25) is 0 Å². The van der Waals surface area contributed by atoms with Gasteiger partial charge in [0.15, 0.2) is 0 Å². The second-order valence-electron chi connectivity index (χ2n) is 6.16. The minimum absolute atomic E-state index is 0.204. The molecule has 1 aliphatic rings. The molecule has 0 amide bonds. The second-order valence-corrected chi connectivity index (χ2v) is 7.99. The number of hydrogen-bond donors (Lipinski definition) is 2. The van der Waals surface area contributed by atoms with Gasteiger partial charge in [-0.05, 0) is 18.9 Å². The van der Waals surface area contributed by atoms with Crippen molar-refractivity contribution < 1.29 is 8.42 Å². The van der Waals surface area contributed by atoms with Gasteiger partial charge in [-0.2, -0.15) is 0 Å². The van der Waals surface area contributed by atoms with Crippen molar-refractivity contribution >= 4 is 32.1 Å². The van der Waals surface area contributed by atoms with Crippen LogP contribution in [0.3, 0.4) is 0 Å². The Morgan fingerprint density at radius 2 is 2.17 bits per heavy atom. The Labute approximate surface area is 134 Å². The molecule has 2 N–H and O–H groups in total. The number of imidazole rings is 1. The molecule has 0 aromatic carbocycles. The molecule has 1 aliphatic carbocycles. The number of fused-ring (bicyclic) bond motifs is 3. The van der Waals surface area contributed by atoms with Crippen molar-refractivity contribution in [2.75, 3.05) is 6.26 Å². The van der Waals surface area contributed by atoms with Gasteiger partial charge in [0.1, 0.15) is 17.0 Å². The van der Waals surface area contributed by atoms with E-state index in [9.17, 15) is 8.42 Å². The molecular weight excluding hydrogens is 314 g/mol. The Morgan fingerprint density at radius 1 is 1.39 bits per heavy atom. The van der Waals surface area contributed by atoms with Gasteiger partial charge in [0.2, 0.25) is 10.0 Å². The summed E-state index contributed by atoms with van der Waals surface area (Å²) >= 11 is 0. The van der Waals surface area contributed by atoms with Crippen molar-refractivity contribution in [2.45, 2.75) is 38.3 Å². The topological polar surface area (TPSA) is 92.7 Å². The molecule has 3 aromatic heterocycles. The van der Waals surface area contributed by atoms with Gasteiger partial charge in [-0.25, -0.2) is 23.1 Å². The Morgan fingerprint density at radius 3 is 2.91 bits per heavy atom. The minimum atomic E-state index is -3.26. The van der Waals surface area contributed by atoms with Crippen LogP contribution >= 0.6 is 0 Å². The lowest BCUT2D eigenvalue weighted by molar-refractivity contribution is 0.506. The summed E-state index contributed by atoms with van der Waals surface area (Å²) in [5.41, 5.74) is 2.70. The summed E-state index contributed by atoms with van der Waals surface area (Å²) in [5, 5.41) is 1.03. The Balaban J connectivity index is 1.91. The summed E-state index contributed by atoms with van der Waals surface area (Å²) < 4.78 is 27.7. The normalized spacial score (nSPS) is 16.7. The zero-order valence-corrected chi connectivity index (χ0v) is 13.7. The average molecular weight is 333 g/mol. The van der Waals surface area contributed by atoms with E-state index in [0.717, 1.165) is 40.7 Å². The van der Waals surface area contributed by atoms with Crippen molar-refractivity contribution in [3.63, 3.8) is 0 Å². The van der Waals surface area contributed by atoms with Gasteiger partial charge >= 0.3 is 0 Å². The monoisotopic (exact) mass is 333 g/mol. The molecule has 8 heteroatoms. The van der Waals surface area contributed by atoms with Gasteiger partial charge in [0.25, 0.3) is 0 Å². The Hall–Kier alpha value is -1.93. The van der Waals surface area contributed by atoms with E-state index in [4.69, 9.17) is 0 Å². The predicted octanol–water partition coefficient (Wildman–Crippen LogP) is 2.08. The van der Waals surface area contributed by atoms with E-state index in [2.05, 4.69) is 24.2 Å². The van der Waals surface area contributed by atoms with Crippen molar-refractivity contribution in [3.05, 3.63) is 24.3 Å². The van der Waals surface area contributed by atoms with Gasteiger partial charge < -0.3 is 9.55 Å². The lowest BCUT2D eigenvalue weighted by Crippen LogP contribution is -2.24. The van der Waals surface area contributed by atoms with Gasteiger partial charge in [0.05, 0.1) is 24.5 Å². The molecular formula is C15H19N5O2S. The number of hydrogen-bond acceptors (Lipinski definition) is 4. The largest absolute Gasteiger partial charge is 0.346 e. The summed E-state index contributed by atoms with van der Waals surface area (Å²) in [5.74, 6) is 0.757. The van der Waals surface area contributed by atoms with E-state index in [1.165, 1.54) is 19.1 Å². The van der Waals surface area contributed by atoms with Crippen LogP contribution in [-0.2, 0) is 16.6 Å². The van der Waals surface area contributed by atoms with Crippen LogP contribution < -0.4 is 4.72 Å². The SMILES string of the molecule is CS(=O)(=O)NCc1nc2cnc3[nH]ccc3c2n1C1CCCC1. The predicted molar refractivity (Wildman–Crippen MR) is 88.6 cm³/mol. The highest BCUT2D eigenvalue weighted by molar-refractivity contribution is 7.88. The maximum absolute atomic E-state index is 11.5. The molecule has 0 unspecified atom stereocenters. The van der Waals surface area contributed by atoms with Gasteiger partial charge in [0, 0.05) is 17.6 Å². The van der Waals surface area contributed by atoms with Gasteiger partial charge in [-0.15, -0.1) is 0 Å². The van der Waals surface area contributed by atoms with Crippen molar-refractivity contribution in [1.82, 2.24) is 24.2 Å². The van der Waals surface area contributed by atoms with Crippen LogP contribution in [0.2, 0.25) is 0 Å². The van der Waals surface area contributed by atoms with Crippen molar-refractivity contribution in [3.8, 4) is 0 Å². The van der Waals surface area contributed by atoms with E-state index in [0.29, 0.717) is 6.04 Å². The summed E-state index contributed by atoms with van der Waals surface area (Å²) in [4.78, 5) is 12.2. The van der Waals surface area contributed by atoms with E-state index in [-0.39, 0.29) is 6.54 Å². The molecule has 0 spiro atoms. The maximum Gasteiger partial charge on any atom is 0.209 e. The van der Waals surface area contributed by atoms with Crippen molar-refractivity contribution in [2.24, 2.45) is 0 Å². The number of nitrogens with one attached hydrogen (secondary N) is 2. The molecule has 23 heavy (non-hydrogen) atoms. The molecule has 0 aliphatic heterocycles. The third-order valence-corrected chi connectivity index (χ3v) is 5.16. The molecule has 0 saturated heterocycles. The Kier molecular flexibility index (Phi) is 3.38. The minimum Gasteiger partial charge on any atom is -0.346 e. The summed E-state index contributed by atoms with van der Waals surface area (Å²) in [6.45, 7) is 0.204. The smallest absolute Gasteiger partial charge is 0.209 e. The molecule has 3 aromatic rings. The number of rotatable bonds is 4. The molecule has 0 atom stereocenters. The molecule has 0 radical (unpaired) electrons. The number of H-pyrrole nitrogens is 1. The van der Waals surface area contributed by atoms with Crippen LogP contribution in [0.4, 0.5) is 0 Å². The fourth-order valence-corrected chi connectivity index (χ4v) is 3.91. The zero-order valence-electron chi connectivity index (χ0n) is 12.9. The highest BCUT2D eigenvalue weighted by Crippen LogP contribution is 2.35. The van der Waals surface area contributed by atoms with E-state index in [1.54, 1.807) is 6.20 Å². The lowest BCUT2D eigenvalue weighted by Gasteiger charge is -2.16. The molecule has 0 bridgehead atoms. The first kappa shape index (κ1) is 14.6. The first-order valence-corrected chi connectivity index (χ1v) is 9.69. The van der Waals surface area contributed by atoms with Gasteiger partial charge in [-0.1, -0.05) is 12.8 Å². The average Bonchev–Trinajstić information content (AvgIpc) is 3.21. The lowest BCUT2D eigenvalue weighted by atomic mass is 10.2. The summed E-state index contributed by atoms with van der Waals surface area (Å²) in [6.07, 6.45) is 9.40. The standard InChI is InChI=1S/C15H19N5O2S/c1-23(21,22)18-9-13-19-12-8-17-15-11(6-7-16-15)14(12)20(13)10-4-2-3-5-10/h6-8,10,18H,2-5,9H2,1H3,(H,16,17). The first-order valence-electron chi connectivity index (χ1n) is 7.80. The molecule has 122 valence electrons. The van der Waals surface area contributed by atoms with E-state index >= 15 is 0 Å². The summed E-state index contributed by atoms with van der Waals surface area (Å²) in [7, 11) is -3.26. The quantitative estimate of drug-likeness (QED) is 0.764. The highest BCUT2D eigenvalue weighted by Gasteiger charge is 2.24.